The third-order valence-corrected chi connectivity index (χ3v) is 3.61. The van der Waals surface area contributed by atoms with Crippen molar-refractivity contribution in [1.29, 1.82) is 0 Å². The van der Waals surface area contributed by atoms with Crippen molar-refractivity contribution >= 4 is 5.91 Å². The van der Waals surface area contributed by atoms with E-state index < -0.39 is 6.04 Å². The van der Waals surface area contributed by atoms with Crippen LogP contribution in [0.5, 0.6) is 5.75 Å². The van der Waals surface area contributed by atoms with Gasteiger partial charge in [0.25, 0.3) is 0 Å². The Labute approximate surface area is 130 Å². The second-order valence-electron chi connectivity index (χ2n) is 5.24. The number of phenolic OH excluding ortho intramolecular Hbond substituents is 1. The zero-order valence-corrected chi connectivity index (χ0v) is 12.6. The van der Waals surface area contributed by atoms with E-state index >= 15 is 0 Å². The molecule has 1 atom stereocenters. The number of aliphatic hydroxyl groups is 1. The van der Waals surface area contributed by atoms with Crippen LogP contribution in [-0.2, 0) is 17.6 Å². The van der Waals surface area contributed by atoms with E-state index in [-0.39, 0.29) is 24.7 Å². The van der Waals surface area contributed by atoms with Crippen molar-refractivity contribution in [3.05, 3.63) is 65.2 Å². The van der Waals surface area contributed by atoms with Crippen LogP contribution in [0.3, 0.4) is 0 Å². The number of amides is 1. The summed E-state index contributed by atoms with van der Waals surface area (Å²) in [5.41, 5.74) is 2.92. The van der Waals surface area contributed by atoms with Gasteiger partial charge in [-0.1, -0.05) is 43.3 Å². The largest absolute Gasteiger partial charge is 0.508 e. The molecule has 4 nitrogen and oxygen atoms in total. The third-order valence-electron chi connectivity index (χ3n) is 3.61. The van der Waals surface area contributed by atoms with Crippen LogP contribution in [0.1, 0.15) is 29.7 Å². The average molecular weight is 299 g/mol. The van der Waals surface area contributed by atoms with Crippen LogP contribution < -0.4 is 5.32 Å². The molecule has 0 heterocycles. The maximum Gasteiger partial charge on any atom is 0.224 e. The van der Waals surface area contributed by atoms with Crippen LogP contribution in [0, 0.1) is 0 Å². The molecule has 0 saturated heterocycles. The van der Waals surface area contributed by atoms with Gasteiger partial charge in [0.2, 0.25) is 5.91 Å². The van der Waals surface area contributed by atoms with Gasteiger partial charge >= 0.3 is 0 Å². The molecule has 1 amide bonds. The summed E-state index contributed by atoms with van der Waals surface area (Å²) in [6.45, 7) is 1.94. The molecule has 0 bridgehead atoms. The number of hydrogen-bond donors (Lipinski definition) is 3. The minimum atomic E-state index is -0.407. The minimum absolute atomic E-state index is 0.146. The maximum atomic E-state index is 12.1. The van der Waals surface area contributed by atoms with Crippen molar-refractivity contribution in [3.63, 3.8) is 0 Å². The summed E-state index contributed by atoms with van der Waals surface area (Å²) in [5.74, 6) is 0.0118. The Hall–Kier alpha value is -2.33. The zero-order chi connectivity index (χ0) is 15.9. The number of hydrogen-bond acceptors (Lipinski definition) is 3. The summed E-state index contributed by atoms with van der Waals surface area (Å²) in [7, 11) is 0. The number of aryl methyl sites for hydroxylation is 1. The highest BCUT2D eigenvalue weighted by Gasteiger charge is 2.14. The Kier molecular flexibility index (Phi) is 5.55. The van der Waals surface area contributed by atoms with E-state index in [1.54, 1.807) is 24.3 Å². The molecular weight excluding hydrogens is 278 g/mol. The first kappa shape index (κ1) is 16.0. The van der Waals surface area contributed by atoms with E-state index in [0.717, 1.165) is 17.5 Å². The number of rotatable bonds is 6. The highest BCUT2D eigenvalue weighted by atomic mass is 16.3. The highest BCUT2D eigenvalue weighted by molar-refractivity contribution is 5.79. The van der Waals surface area contributed by atoms with Crippen molar-refractivity contribution in [2.45, 2.75) is 25.8 Å². The molecule has 0 radical (unpaired) electrons. The topological polar surface area (TPSA) is 69.6 Å². The molecule has 0 aliphatic rings. The molecule has 2 aromatic rings. The first-order valence-corrected chi connectivity index (χ1v) is 7.39. The van der Waals surface area contributed by atoms with Crippen LogP contribution in [0.2, 0.25) is 0 Å². The van der Waals surface area contributed by atoms with E-state index in [1.165, 1.54) is 5.56 Å². The second-order valence-corrected chi connectivity index (χ2v) is 5.24. The second kappa shape index (κ2) is 7.61. The van der Waals surface area contributed by atoms with Gasteiger partial charge in [0.1, 0.15) is 5.75 Å². The summed E-state index contributed by atoms with van der Waals surface area (Å²) >= 11 is 0. The number of nitrogens with one attached hydrogen (secondary N) is 1. The van der Waals surface area contributed by atoms with E-state index in [0.29, 0.717) is 0 Å². The summed E-state index contributed by atoms with van der Waals surface area (Å²) in [6, 6.07) is 14.0. The molecule has 0 aromatic heterocycles. The fraction of sp³-hybridized carbons (Fsp3) is 0.278. The third kappa shape index (κ3) is 4.33. The zero-order valence-electron chi connectivity index (χ0n) is 12.6. The number of carbonyl (C=O) groups excluding carboxylic acids is 1. The Morgan fingerprint density at radius 3 is 2.18 bits per heavy atom. The fourth-order valence-electron chi connectivity index (χ4n) is 2.26. The van der Waals surface area contributed by atoms with Gasteiger partial charge in [0.05, 0.1) is 19.1 Å². The lowest BCUT2D eigenvalue weighted by Crippen LogP contribution is -2.31. The number of aromatic hydroxyl groups is 1. The molecule has 0 spiro atoms. The molecule has 2 rings (SSSR count). The van der Waals surface area contributed by atoms with Gasteiger partial charge < -0.3 is 15.5 Å². The molecule has 116 valence electrons. The molecule has 22 heavy (non-hydrogen) atoms. The molecule has 0 aliphatic heterocycles. The van der Waals surface area contributed by atoms with Gasteiger partial charge in [-0.3, -0.25) is 4.79 Å². The monoisotopic (exact) mass is 299 g/mol. The lowest BCUT2D eigenvalue weighted by atomic mass is 10.0. The van der Waals surface area contributed by atoms with Gasteiger partial charge in [-0.05, 0) is 35.2 Å². The Morgan fingerprint density at radius 1 is 1.05 bits per heavy atom. The van der Waals surface area contributed by atoms with Crippen LogP contribution in [0.25, 0.3) is 0 Å². The Bertz CT molecular complexity index is 605. The molecule has 1 unspecified atom stereocenters. The SMILES string of the molecule is CCc1ccc(C(CO)NC(=O)Cc2ccc(O)cc2)cc1. The van der Waals surface area contributed by atoms with E-state index in [1.807, 2.05) is 24.3 Å². The van der Waals surface area contributed by atoms with Crippen molar-refractivity contribution in [3.8, 4) is 5.75 Å². The first-order chi connectivity index (χ1) is 10.6. The summed E-state index contributed by atoms with van der Waals surface area (Å²) in [4.78, 5) is 12.1. The van der Waals surface area contributed by atoms with Crippen molar-refractivity contribution < 1.29 is 15.0 Å². The van der Waals surface area contributed by atoms with Crippen LogP contribution in [0.15, 0.2) is 48.5 Å². The number of benzene rings is 2. The van der Waals surface area contributed by atoms with Crippen molar-refractivity contribution in [2.75, 3.05) is 6.61 Å². The Morgan fingerprint density at radius 2 is 1.64 bits per heavy atom. The maximum absolute atomic E-state index is 12.1. The van der Waals surface area contributed by atoms with E-state index in [4.69, 9.17) is 0 Å². The molecule has 3 N–H and O–H groups in total. The van der Waals surface area contributed by atoms with Gasteiger partial charge in [0, 0.05) is 0 Å². The molecule has 2 aromatic carbocycles. The molecule has 0 saturated carbocycles. The summed E-state index contributed by atoms with van der Waals surface area (Å²) in [5, 5.41) is 21.6. The van der Waals surface area contributed by atoms with Gasteiger partial charge in [-0.25, -0.2) is 0 Å². The Balaban J connectivity index is 1.99. The predicted molar refractivity (Wildman–Crippen MR) is 85.6 cm³/mol. The van der Waals surface area contributed by atoms with E-state index in [9.17, 15) is 15.0 Å². The molecule has 0 aliphatic carbocycles. The summed E-state index contributed by atoms with van der Waals surface area (Å²) < 4.78 is 0. The van der Waals surface area contributed by atoms with Crippen molar-refractivity contribution in [2.24, 2.45) is 0 Å². The highest BCUT2D eigenvalue weighted by Crippen LogP contribution is 2.15. The van der Waals surface area contributed by atoms with Crippen LogP contribution in [-0.4, -0.2) is 22.7 Å². The van der Waals surface area contributed by atoms with Gasteiger partial charge in [0.15, 0.2) is 0 Å². The van der Waals surface area contributed by atoms with Gasteiger partial charge in [-0.15, -0.1) is 0 Å². The normalized spacial score (nSPS) is 11.9. The standard InChI is InChI=1S/C18H21NO3/c1-2-13-3-7-15(8-4-13)17(12-20)19-18(22)11-14-5-9-16(21)10-6-14/h3-10,17,20-21H,2,11-12H2,1H3,(H,19,22). The first-order valence-electron chi connectivity index (χ1n) is 7.39. The lowest BCUT2D eigenvalue weighted by Gasteiger charge is -2.17. The number of aliphatic hydroxyl groups excluding tert-OH is 1. The number of phenols is 1. The quantitative estimate of drug-likeness (QED) is 0.767. The summed E-state index contributed by atoms with van der Waals surface area (Å²) in [6.07, 6.45) is 1.17. The van der Waals surface area contributed by atoms with Crippen molar-refractivity contribution in [1.82, 2.24) is 5.32 Å². The predicted octanol–water partition coefficient (Wildman–Crippen LogP) is 2.35. The minimum Gasteiger partial charge on any atom is -0.508 e. The van der Waals surface area contributed by atoms with Crippen LogP contribution in [0.4, 0.5) is 0 Å². The van der Waals surface area contributed by atoms with Gasteiger partial charge in [-0.2, -0.15) is 0 Å². The van der Waals surface area contributed by atoms with E-state index in [2.05, 4.69) is 12.2 Å². The lowest BCUT2D eigenvalue weighted by molar-refractivity contribution is -0.121. The molecular formula is C18H21NO3. The molecule has 0 fully saturated rings. The molecule has 4 heteroatoms. The fourth-order valence-corrected chi connectivity index (χ4v) is 2.26. The van der Waals surface area contributed by atoms with Crippen LogP contribution >= 0.6 is 0 Å². The average Bonchev–Trinajstić information content (AvgIpc) is 2.55. The smallest absolute Gasteiger partial charge is 0.224 e. The number of carbonyl (C=O) groups is 1.